The Morgan fingerprint density at radius 1 is 1.44 bits per heavy atom. The second kappa shape index (κ2) is 5.85. The van der Waals surface area contributed by atoms with E-state index in [0.29, 0.717) is 6.42 Å². The maximum Gasteiger partial charge on any atom is 0.227 e. The monoisotopic (exact) mass is 310 g/mol. The number of benzene rings is 1. The number of rotatable bonds is 2. The molecule has 2 rings (SSSR count). The third kappa shape index (κ3) is 3.33. The third-order valence-corrected chi connectivity index (χ3v) is 4.03. The van der Waals surface area contributed by atoms with Crippen molar-refractivity contribution in [3.63, 3.8) is 0 Å². The summed E-state index contributed by atoms with van der Waals surface area (Å²) in [6, 6.07) is 8.43. The molecule has 1 fully saturated rings. The molecular formula is C14H19BrN2O. The van der Waals surface area contributed by atoms with Crippen molar-refractivity contribution < 1.29 is 4.79 Å². The number of piperidine rings is 1. The van der Waals surface area contributed by atoms with E-state index >= 15 is 0 Å². The topological polar surface area (TPSA) is 46.3 Å². The summed E-state index contributed by atoms with van der Waals surface area (Å²) >= 11 is 3.40. The predicted molar refractivity (Wildman–Crippen MR) is 76.2 cm³/mol. The molecule has 0 aromatic heterocycles. The SMILES string of the molecule is CC1CC(N)CCN1C(=O)Cc1ccc(Br)cc1. The van der Waals surface area contributed by atoms with Crippen LogP contribution in [0.25, 0.3) is 0 Å². The van der Waals surface area contributed by atoms with Crippen LogP contribution in [0.4, 0.5) is 0 Å². The van der Waals surface area contributed by atoms with Crippen molar-refractivity contribution >= 4 is 21.8 Å². The summed E-state index contributed by atoms with van der Waals surface area (Å²) in [4.78, 5) is 14.2. The van der Waals surface area contributed by atoms with Crippen molar-refractivity contribution in [2.24, 2.45) is 5.73 Å². The van der Waals surface area contributed by atoms with Crippen LogP contribution in [0.1, 0.15) is 25.3 Å². The molecule has 0 radical (unpaired) electrons. The number of amides is 1. The van der Waals surface area contributed by atoms with Gasteiger partial charge in [-0.2, -0.15) is 0 Å². The van der Waals surface area contributed by atoms with Crippen LogP contribution in [-0.4, -0.2) is 29.4 Å². The first-order chi connectivity index (χ1) is 8.56. The van der Waals surface area contributed by atoms with E-state index in [1.54, 1.807) is 0 Å². The molecule has 2 atom stereocenters. The van der Waals surface area contributed by atoms with Gasteiger partial charge >= 0.3 is 0 Å². The summed E-state index contributed by atoms with van der Waals surface area (Å²) in [7, 11) is 0. The lowest BCUT2D eigenvalue weighted by Gasteiger charge is -2.36. The van der Waals surface area contributed by atoms with Crippen molar-refractivity contribution in [1.29, 1.82) is 0 Å². The standard InChI is InChI=1S/C14H19BrN2O/c1-10-8-13(16)6-7-17(10)14(18)9-11-2-4-12(15)5-3-11/h2-5,10,13H,6-9,16H2,1H3. The fourth-order valence-electron chi connectivity index (χ4n) is 2.46. The van der Waals surface area contributed by atoms with E-state index in [0.717, 1.165) is 29.4 Å². The quantitative estimate of drug-likeness (QED) is 0.911. The Labute approximate surface area is 116 Å². The van der Waals surface area contributed by atoms with Gasteiger partial charge in [-0.1, -0.05) is 28.1 Å². The molecule has 18 heavy (non-hydrogen) atoms. The molecule has 1 heterocycles. The van der Waals surface area contributed by atoms with E-state index in [1.807, 2.05) is 29.2 Å². The van der Waals surface area contributed by atoms with Crippen LogP contribution >= 0.6 is 15.9 Å². The maximum absolute atomic E-state index is 12.2. The Balaban J connectivity index is 1.97. The van der Waals surface area contributed by atoms with Gasteiger partial charge in [0.25, 0.3) is 0 Å². The van der Waals surface area contributed by atoms with Crippen molar-refractivity contribution in [2.75, 3.05) is 6.54 Å². The summed E-state index contributed by atoms with van der Waals surface area (Å²) in [6.45, 7) is 2.87. The molecule has 1 aliphatic rings. The van der Waals surface area contributed by atoms with Crippen molar-refractivity contribution in [2.45, 2.75) is 38.3 Å². The average molecular weight is 311 g/mol. The fraction of sp³-hybridized carbons (Fsp3) is 0.500. The number of carbonyl (C=O) groups excluding carboxylic acids is 1. The summed E-state index contributed by atoms with van der Waals surface area (Å²) in [5.74, 6) is 0.205. The van der Waals surface area contributed by atoms with Crippen molar-refractivity contribution in [1.82, 2.24) is 4.90 Å². The minimum absolute atomic E-state index is 0.205. The molecule has 3 nitrogen and oxygen atoms in total. The van der Waals surface area contributed by atoms with E-state index in [-0.39, 0.29) is 18.0 Å². The minimum atomic E-state index is 0.205. The number of hydrogen-bond donors (Lipinski definition) is 1. The summed E-state index contributed by atoms with van der Waals surface area (Å²) in [5.41, 5.74) is 6.97. The molecule has 98 valence electrons. The highest BCUT2D eigenvalue weighted by Crippen LogP contribution is 2.18. The van der Waals surface area contributed by atoms with Gasteiger partial charge in [0.2, 0.25) is 5.91 Å². The van der Waals surface area contributed by atoms with Crippen LogP contribution in [0, 0.1) is 0 Å². The van der Waals surface area contributed by atoms with E-state index in [2.05, 4.69) is 22.9 Å². The molecular weight excluding hydrogens is 292 g/mol. The highest BCUT2D eigenvalue weighted by molar-refractivity contribution is 9.10. The van der Waals surface area contributed by atoms with Crippen LogP contribution in [-0.2, 0) is 11.2 Å². The van der Waals surface area contributed by atoms with Gasteiger partial charge in [0, 0.05) is 23.1 Å². The fourth-order valence-corrected chi connectivity index (χ4v) is 2.72. The number of halogens is 1. The minimum Gasteiger partial charge on any atom is -0.340 e. The Kier molecular flexibility index (Phi) is 4.40. The lowest BCUT2D eigenvalue weighted by atomic mass is 9.98. The van der Waals surface area contributed by atoms with Crippen LogP contribution in [0.2, 0.25) is 0 Å². The van der Waals surface area contributed by atoms with E-state index in [9.17, 15) is 4.79 Å². The second-order valence-corrected chi connectivity index (χ2v) is 5.94. The highest BCUT2D eigenvalue weighted by atomic mass is 79.9. The lowest BCUT2D eigenvalue weighted by Crippen LogP contribution is -2.48. The zero-order valence-electron chi connectivity index (χ0n) is 10.6. The normalized spacial score (nSPS) is 24.1. The predicted octanol–water partition coefficient (Wildman–Crippen LogP) is 2.33. The molecule has 1 aromatic carbocycles. The molecule has 4 heteroatoms. The van der Waals surface area contributed by atoms with Crippen LogP contribution in [0.15, 0.2) is 28.7 Å². The molecule has 2 unspecified atom stereocenters. The first-order valence-electron chi connectivity index (χ1n) is 6.36. The lowest BCUT2D eigenvalue weighted by molar-refractivity contribution is -0.133. The molecule has 1 aromatic rings. The van der Waals surface area contributed by atoms with Gasteiger partial charge in [0.05, 0.1) is 6.42 Å². The summed E-state index contributed by atoms with van der Waals surface area (Å²) < 4.78 is 1.04. The molecule has 0 saturated carbocycles. The van der Waals surface area contributed by atoms with Gasteiger partial charge in [-0.25, -0.2) is 0 Å². The van der Waals surface area contributed by atoms with Gasteiger partial charge in [-0.05, 0) is 37.5 Å². The van der Waals surface area contributed by atoms with Gasteiger partial charge in [0.1, 0.15) is 0 Å². The molecule has 0 bridgehead atoms. The average Bonchev–Trinajstić information content (AvgIpc) is 2.32. The molecule has 2 N–H and O–H groups in total. The second-order valence-electron chi connectivity index (χ2n) is 5.02. The molecule has 1 saturated heterocycles. The molecule has 0 aliphatic carbocycles. The highest BCUT2D eigenvalue weighted by Gasteiger charge is 2.26. The summed E-state index contributed by atoms with van der Waals surface area (Å²) in [6.07, 6.45) is 2.30. The first-order valence-corrected chi connectivity index (χ1v) is 7.15. The van der Waals surface area contributed by atoms with Crippen molar-refractivity contribution in [3.8, 4) is 0 Å². The Morgan fingerprint density at radius 2 is 2.11 bits per heavy atom. The number of carbonyl (C=O) groups is 1. The number of nitrogens with zero attached hydrogens (tertiary/aromatic N) is 1. The summed E-state index contributed by atoms with van der Waals surface area (Å²) in [5, 5.41) is 0. The molecule has 1 aliphatic heterocycles. The van der Waals surface area contributed by atoms with Gasteiger partial charge < -0.3 is 10.6 Å². The smallest absolute Gasteiger partial charge is 0.227 e. The van der Waals surface area contributed by atoms with E-state index in [4.69, 9.17) is 5.73 Å². The molecule has 0 spiro atoms. The van der Waals surface area contributed by atoms with Crippen LogP contribution in [0.5, 0.6) is 0 Å². The Hall–Kier alpha value is -0.870. The Bertz CT molecular complexity index is 418. The van der Waals surface area contributed by atoms with Crippen LogP contribution < -0.4 is 5.73 Å². The van der Waals surface area contributed by atoms with Gasteiger partial charge in [0.15, 0.2) is 0 Å². The van der Waals surface area contributed by atoms with Gasteiger partial charge in [-0.3, -0.25) is 4.79 Å². The number of likely N-dealkylation sites (tertiary alicyclic amines) is 1. The van der Waals surface area contributed by atoms with E-state index < -0.39 is 0 Å². The van der Waals surface area contributed by atoms with E-state index in [1.165, 1.54) is 0 Å². The maximum atomic E-state index is 12.2. The van der Waals surface area contributed by atoms with Crippen LogP contribution in [0.3, 0.4) is 0 Å². The largest absolute Gasteiger partial charge is 0.340 e. The first kappa shape index (κ1) is 13.6. The number of hydrogen-bond acceptors (Lipinski definition) is 2. The third-order valence-electron chi connectivity index (χ3n) is 3.51. The van der Waals surface area contributed by atoms with Gasteiger partial charge in [-0.15, -0.1) is 0 Å². The number of nitrogens with two attached hydrogens (primary N) is 1. The molecule has 1 amide bonds. The van der Waals surface area contributed by atoms with Crippen molar-refractivity contribution in [3.05, 3.63) is 34.3 Å². The Morgan fingerprint density at radius 3 is 2.72 bits per heavy atom. The zero-order chi connectivity index (χ0) is 13.1. The zero-order valence-corrected chi connectivity index (χ0v) is 12.2.